The predicted molar refractivity (Wildman–Crippen MR) is 61.1 cm³/mol. The van der Waals surface area contributed by atoms with Gasteiger partial charge in [0.1, 0.15) is 4.88 Å². The van der Waals surface area contributed by atoms with Crippen LogP contribution >= 0.6 is 11.3 Å². The summed E-state index contributed by atoms with van der Waals surface area (Å²) in [6.45, 7) is 5.49. The van der Waals surface area contributed by atoms with E-state index in [2.05, 4.69) is 10.3 Å². The summed E-state index contributed by atoms with van der Waals surface area (Å²) in [5.74, 6) is -1.35. The van der Waals surface area contributed by atoms with Crippen molar-refractivity contribution in [3.8, 4) is 0 Å². The second-order valence-electron chi connectivity index (χ2n) is 3.58. The van der Waals surface area contributed by atoms with E-state index >= 15 is 0 Å². The van der Waals surface area contributed by atoms with Gasteiger partial charge < -0.3 is 10.4 Å². The molecule has 2 N–H and O–H groups in total. The van der Waals surface area contributed by atoms with Crippen LogP contribution in [0.2, 0.25) is 0 Å². The summed E-state index contributed by atoms with van der Waals surface area (Å²) in [4.78, 5) is 26.7. The number of aryl methyl sites for hydroxylation is 1. The smallest absolute Gasteiger partial charge is 0.347 e. The molecule has 0 aliphatic rings. The predicted octanol–water partition coefficient (Wildman–Crippen LogP) is 1.54. The van der Waals surface area contributed by atoms with Gasteiger partial charge in [-0.25, -0.2) is 9.78 Å². The van der Waals surface area contributed by atoms with E-state index in [4.69, 9.17) is 5.11 Å². The molecule has 16 heavy (non-hydrogen) atoms. The number of hydrogen-bond donors (Lipinski definition) is 2. The van der Waals surface area contributed by atoms with Gasteiger partial charge in [0, 0.05) is 6.04 Å². The molecule has 1 aromatic rings. The molecule has 5 nitrogen and oxygen atoms in total. The lowest BCUT2D eigenvalue weighted by Crippen LogP contribution is -2.29. The van der Waals surface area contributed by atoms with Crippen molar-refractivity contribution >= 4 is 23.2 Å². The first-order valence-electron chi connectivity index (χ1n) is 4.99. The summed E-state index contributed by atoms with van der Waals surface area (Å²) in [6.07, 6.45) is 0.507. The van der Waals surface area contributed by atoms with E-state index in [0.717, 1.165) is 11.3 Å². The Labute approximate surface area is 97.5 Å². The van der Waals surface area contributed by atoms with Crippen LogP contribution in [0.3, 0.4) is 0 Å². The summed E-state index contributed by atoms with van der Waals surface area (Å²) in [6, 6.07) is 0.00903. The largest absolute Gasteiger partial charge is 0.477 e. The lowest BCUT2D eigenvalue weighted by atomic mass is 10.3. The number of thiazole rings is 1. The highest BCUT2D eigenvalue weighted by molar-refractivity contribution is 7.15. The van der Waals surface area contributed by atoms with Gasteiger partial charge in [0.2, 0.25) is 0 Å². The first-order chi connectivity index (χ1) is 7.45. The molecule has 1 amide bonds. The van der Waals surface area contributed by atoms with Gasteiger partial charge >= 0.3 is 5.97 Å². The standard InChI is InChI=1S/C10H14N2O3S/c1-4-6-7(10(14)15)16-9(12-6)8(13)11-5(2)3/h5H,4H2,1-3H3,(H,11,13)(H,14,15). The number of nitrogens with zero attached hydrogens (tertiary/aromatic N) is 1. The average molecular weight is 242 g/mol. The van der Waals surface area contributed by atoms with Crippen LogP contribution in [0.4, 0.5) is 0 Å². The molecule has 0 saturated carbocycles. The van der Waals surface area contributed by atoms with Crippen LogP contribution in [0.25, 0.3) is 0 Å². The summed E-state index contributed by atoms with van der Waals surface area (Å²) in [7, 11) is 0. The van der Waals surface area contributed by atoms with Crippen molar-refractivity contribution in [3.05, 3.63) is 15.6 Å². The molecule has 0 aliphatic heterocycles. The van der Waals surface area contributed by atoms with Crippen molar-refractivity contribution in [2.24, 2.45) is 0 Å². The number of amides is 1. The van der Waals surface area contributed by atoms with Crippen molar-refractivity contribution in [2.75, 3.05) is 0 Å². The lowest BCUT2D eigenvalue weighted by Gasteiger charge is -2.04. The Kier molecular flexibility index (Phi) is 4.00. The molecule has 0 unspecified atom stereocenters. The van der Waals surface area contributed by atoms with Crippen molar-refractivity contribution in [3.63, 3.8) is 0 Å². The first kappa shape index (κ1) is 12.6. The third kappa shape index (κ3) is 2.79. The van der Waals surface area contributed by atoms with Gasteiger partial charge in [0.05, 0.1) is 5.69 Å². The molecule has 0 spiro atoms. The number of nitrogens with one attached hydrogen (secondary N) is 1. The molecule has 0 bridgehead atoms. The number of carbonyl (C=O) groups is 2. The molecule has 0 aromatic carbocycles. The molecule has 0 atom stereocenters. The van der Waals surface area contributed by atoms with Gasteiger partial charge in [-0.15, -0.1) is 11.3 Å². The molecular formula is C10H14N2O3S. The molecule has 88 valence electrons. The minimum absolute atomic E-state index is 0.00903. The monoisotopic (exact) mass is 242 g/mol. The zero-order valence-electron chi connectivity index (χ0n) is 9.40. The van der Waals surface area contributed by atoms with Crippen LogP contribution in [-0.2, 0) is 6.42 Å². The zero-order chi connectivity index (χ0) is 12.3. The molecule has 0 fully saturated rings. The minimum atomic E-state index is -1.03. The number of carboxylic acid groups (broad SMARTS) is 1. The van der Waals surface area contributed by atoms with Crippen molar-refractivity contribution in [1.82, 2.24) is 10.3 Å². The Bertz CT molecular complexity index is 412. The number of hydrogen-bond acceptors (Lipinski definition) is 4. The minimum Gasteiger partial charge on any atom is -0.477 e. The highest BCUT2D eigenvalue weighted by Crippen LogP contribution is 2.19. The summed E-state index contributed by atoms with van der Waals surface area (Å²) in [5, 5.41) is 11.8. The Balaban J connectivity index is 2.99. The molecule has 0 saturated heterocycles. The fourth-order valence-electron chi connectivity index (χ4n) is 1.18. The first-order valence-corrected chi connectivity index (χ1v) is 5.81. The SMILES string of the molecule is CCc1nc(C(=O)NC(C)C)sc1C(=O)O. The van der Waals surface area contributed by atoms with Crippen LogP contribution < -0.4 is 5.32 Å². The second kappa shape index (κ2) is 5.07. The number of aromatic nitrogens is 1. The molecule has 0 radical (unpaired) electrons. The Morgan fingerprint density at radius 1 is 1.50 bits per heavy atom. The van der Waals surface area contributed by atoms with Crippen LogP contribution in [0.5, 0.6) is 0 Å². The molecule has 1 heterocycles. The Morgan fingerprint density at radius 2 is 2.12 bits per heavy atom. The van der Waals surface area contributed by atoms with Crippen LogP contribution in [0.1, 0.15) is 45.9 Å². The number of rotatable bonds is 4. The quantitative estimate of drug-likeness (QED) is 0.839. The number of carboxylic acids is 1. The fourth-order valence-corrected chi connectivity index (χ4v) is 2.08. The van der Waals surface area contributed by atoms with E-state index in [1.165, 1.54) is 0 Å². The summed E-state index contributed by atoms with van der Waals surface area (Å²) < 4.78 is 0. The normalized spacial score (nSPS) is 10.5. The van der Waals surface area contributed by atoms with Crippen LogP contribution in [0, 0.1) is 0 Å². The number of aromatic carboxylic acids is 1. The van der Waals surface area contributed by atoms with E-state index in [1.54, 1.807) is 0 Å². The maximum atomic E-state index is 11.6. The van der Waals surface area contributed by atoms with Crippen LogP contribution in [-0.4, -0.2) is 28.0 Å². The molecule has 1 rings (SSSR count). The van der Waals surface area contributed by atoms with Crippen molar-refractivity contribution in [2.45, 2.75) is 33.2 Å². The van der Waals surface area contributed by atoms with Crippen molar-refractivity contribution < 1.29 is 14.7 Å². The maximum absolute atomic E-state index is 11.6. The molecule has 6 heteroatoms. The van der Waals surface area contributed by atoms with Gasteiger partial charge in [-0.1, -0.05) is 6.92 Å². The highest BCUT2D eigenvalue weighted by atomic mass is 32.1. The highest BCUT2D eigenvalue weighted by Gasteiger charge is 2.20. The van der Waals surface area contributed by atoms with Gasteiger partial charge in [-0.3, -0.25) is 4.79 Å². The summed E-state index contributed by atoms with van der Waals surface area (Å²) >= 11 is 0.920. The summed E-state index contributed by atoms with van der Waals surface area (Å²) in [5.41, 5.74) is 0.464. The molecule has 0 aliphatic carbocycles. The topological polar surface area (TPSA) is 79.3 Å². The van der Waals surface area contributed by atoms with Gasteiger partial charge in [-0.05, 0) is 20.3 Å². The Morgan fingerprint density at radius 3 is 2.50 bits per heavy atom. The molecular weight excluding hydrogens is 228 g/mol. The number of carbonyl (C=O) groups excluding carboxylic acids is 1. The third-order valence-corrected chi connectivity index (χ3v) is 2.92. The van der Waals surface area contributed by atoms with E-state index in [-0.39, 0.29) is 21.8 Å². The fraction of sp³-hybridized carbons (Fsp3) is 0.500. The lowest BCUT2D eigenvalue weighted by molar-refractivity contribution is 0.0700. The van der Waals surface area contributed by atoms with Gasteiger partial charge in [-0.2, -0.15) is 0 Å². The molecule has 1 aromatic heterocycles. The Hall–Kier alpha value is -1.43. The van der Waals surface area contributed by atoms with Crippen molar-refractivity contribution in [1.29, 1.82) is 0 Å². The van der Waals surface area contributed by atoms with E-state index in [9.17, 15) is 9.59 Å². The van der Waals surface area contributed by atoms with E-state index in [0.29, 0.717) is 12.1 Å². The third-order valence-electron chi connectivity index (χ3n) is 1.84. The van der Waals surface area contributed by atoms with Gasteiger partial charge in [0.25, 0.3) is 5.91 Å². The average Bonchev–Trinajstić information content (AvgIpc) is 2.60. The second-order valence-corrected chi connectivity index (χ2v) is 4.58. The van der Waals surface area contributed by atoms with Gasteiger partial charge in [0.15, 0.2) is 5.01 Å². The van der Waals surface area contributed by atoms with E-state index < -0.39 is 5.97 Å². The van der Waals surface area contributed by atoms with Crippen LogP contribution in [0.15, 0.2) is 0 Å². The van der Waals surface area contributed by atoms with E-state index in [1.807, 2.05) is 20.8 Å². The maximum Gasteiger partial charge on any atom is 0.347 e. The zero-order valence-corrected chi connectivity index (χ0v) is 10.2.